The van der Waals surface area contributed by atoms with Gasteiger partial charge in [-0.15, -0.1) is 11.8 Å². The summed E-state index contributed by atoms with van der Waals surface area (Å²) in [6, 6.07) is 11.2. The van der Waals surface area contributed by atoms with E-state index in [1.54, 1.807) is 18.2 Å². The number of hydrogen-bond acceptors (Lipinski definition) is 2. The zero-order valence-corrected chi connectivity index (χ0v) is 11.1. The van der Waals surface area contributed by atoms with Gasteiger partial charge in [-0.1, -0.05) is 30.3 Å². The summed E-state index contributed by atoms with van der Waals surface area (Å²) in [5.74, 6) is 0.207. The van der Waals surface area contributed by atoms with E-state index < -0.39 is 17.8 Å². The zero-order chi connectivity index (χ0) is 14.3. The second-order valence-corrected chi connectivity index (χ2v) is 5.62. The number of alkyl halides is 3. The normalized spacial score (nSPS) is 18.1. The summed E-state index contributed by atoms with van der Waals surface area (Å²) < 4.78 is 39.2. The van der Waals surface area contributed by atoms with Crippen molar-refractivity contribution in [2.45, 2.75) is 22.9 Å². The molecule has 0 saturated heterocycles. The topological polar surface area (TPSA) is 20.2 Å². The largest absolute Gasteiger partial charge is 0.416 e. The Morgan fingerprint density at radius 2 is 1.70 bits per heavy atom. The van der Waals surface area contributed by atoms with Crippen LogP contribution in [0.4, 0.5) is 13.2 Å². The van der Waals surface area contributed by atoms with Crippen LogP contribution in [0, 0.1) is 0 Å². The quantitative estimate of drug-likeness (QED) is 0.778. The van der Waals surface area contributed by atoms with Crippen LogP contribution in [-0.2, 0) is 11.9 Å². The van der Waals surface area contributed by atoms with Gasteiger partial charge in [0.25, 0.3) is 0 Å². The summed E-state index contributed by atoms with van der Waals surface area (Å²) >= 11 is 1.33. The summed E-state index contributed by atoms with van der Waals surface area (Å²) in [5, 5.41) is 10.4. The maximum atomic E-state index is 13.1. The van der Waals surface area contributed by atoms with E-state index in [0.717, 1.165) is 11.0 Å². The maximum Gasteiger partial charge on any atom is 0.416 e. The standard InChI is InChI=1S/C15H11F3OS/c16-15(17,18)12-6-3-5-9-11(12)8-20-13-7-2-1-4-10(13)14(9)19/h1-7,14,19H,8H2. The third-order valence-electron chi connectivity index (χ3n) is 3.40. The van der Waals surface area contributed by atoms with Gasteiger partial charge in [-0.05, 0) is 28.8 Å². The van der Waals surface area contributed by atoms with Crippen LogP contribution in [0.2, 0.25) is 0 Å². The van der Waals surface area contributed by atoms with Crippen LogP contribution in [-0.4, -0.2) is 5.11 Å². The lowest BCUT2D eigenvalue weighted by Gasteiger charge is -2.17. The molecule has 1 N–H and O–H groups in total. The highest BCUT2D eigenvalue weighted by Gasteiger charge is 2.36. The summed E-state index contributed by atoms with van der Waals surface area (Å²) in [6.07, 6.45) is -5.42. The Morgan fingerprint density at radius 1 is 1.00 bits per heavy atom. The first-order valence-electron chi connectivity index (χ1n) is 6.07. The Morgan fingerprint density at radius 3 is 2.45 bits per heavy atom. The number of rotatable bonds is 0. The Balaban J connectivity index is 2.19. The monoisotopic (exact) mass is 296 g/mol. The van der Waals surface area contributed by atoms with Crippen LogP contribution in [0.25, 0.3) is 0 Å². The van der Waals surface area contributed by atoms with Crippen molar-refractivity contribution in [2.24, 2.45) is 0 Å². The van der Waals surface area contributed by atoms with Gasteiger partial charge in [-0.3, -0.25) is 0 Å². The van der Waals surface area contributed by atoms with Gasteiger partial charge in [0.1, 0.15) is 6.10 Å². The number of aliphatic hydroxyl groups is 1. The third kappa shape index (κ3) is 2.21. The van der Waals surface area contributed by atoms with Crippen LogP contribution in [0.3, 0.4) is 0 Å². The number of fused-ring (bicyclic) bond motifs is 2. The molecule has 104 valence electrons. The van der Waals surface area contributed by atoms with Gasteiger partial charge in [0.2, 0.25) is 0 Å². The molecule has 1 aliphatic rings. The van der Waals surface area contributed by atoms with E-state index in [4.69, 9.17) is 0 Å². The molecule has 3 rings (SSSR count). The minimum Gasteiger partial charge on any atom is -0.384 e. The predicted molar refractivity (Wildman–Crippen MR) is 71.5 cm³/mol. The van der Waals surface area contributed by atoms with E-state index >= 15 is 0 Å². The highest BCUT2D eigenvalue weighted by Crippen LogP contribution is 2.43. The lowest BCUT2D eigenvalue weighted by atomic mass is 9.94. The van der Waals surface area contributed by atoms with E-state index in [2.05, 4.69) is 0 Å². The second kappa shape index (κ2) is 4.82. The first-order chi connectivity index (χ1) is 9.48. The molecule has 1 unspecified atom stereocenters. The van der Waals surface area contributed by atoms with Crippen molar-refractivity contribution in [3.05, 3.63) is 64.7 Å². The number of benzene rings is 2. The number of aliphatic hydroxyl groups excluding tert-OH is 1. The Bertz CT molecular complexity index is 652. The highest BCUT2D eigenvalue weighted by molar-refractivity contribution is 7.98. The molecule has 1 atom stereocenters. The van der Waals surface area contributed by atoms with Gasteiger partial charge in [-0.25, -0.2) is 0 Å². The van der Waals surface area contributed by atoms with Gasteiger partial charge >= 0.3 is 6.18 Å². The number of thioether (sulfide) groups is 1. The van der Waals surface area contributed by atoms with Crippen LogP contribution >= 0.6 is 11.8 Å². The van der Waals surface area contributed by atoms with Crippen molar-refractivity contribution in [1.82, 2.24) is 0 Å². The third-order valence-corrected chi connectivity index (χ3v) is 4.51. The van der Waals surface area contributed by atoms with Crippen molar-refractivity contribution in [3.63, 3.8) is 0 Å². The molecule has 0 amide bonds. The summed E-state index contributed by atoms with van der Waals surface area (Å²) in [5.41, 5.74) is 0.524. The fraction of sp³-hybridized carbons (Fsp3) is 0.200. The second-order valence-electron chi connectivity index (χ2n) is 4.60. The van der Waals surface area contributed by atoms with Crippen molar-refractivity contribution in [3.8, 4) is 0 Å². The molecule has 1 aliphatic heterocycles. The molecular formula is C15H11F3OS. The lowest BCUT2D eigenvalue weighted by molar-refractivity contribution is -0.138. The number of hydrogen-bond donors (Lipinski definition) is 1. The molecule has 20 heavy (non-hydrogen) atoms. The van der Waals surface area contributed by atoms with Crippen molar-refractivity contribution < 1.29 is 18.3 Å². The van der Waals surface area contributed by atoms with E-state index in [0.29, 0.717) is 11.1 Å². The average molecular weight is 296 g/mol. The molecule has 1 nitrogen and oxygen atoms in total. The van der Waals surface area contributed by atoms with E-state index in [1.807, 2.05) is 12.1 Å². The Labute approximate surface area is 118 Å². The lowest BCUT2D eigenvalue weighted by Crippen LogP contribution is -2.12. The molecule has 0 saturated carbocycles. The molecular weight excluding hydrogens is 285 g/mol. The summed E-state index contributed by atoms with van der Waals surface area (Å²) in [6.45, 7) is 0. The Hall–Kier alpha value is -1.46. The van der Waals surface area contributed by atoms with Crippen LogP contribution in [0.1, 0.15) is 28.4 Å². The van der Waals surface area contributed by atoms with Crippen molar-refractivity contribution in [2.75, 3.05) is 0 Å². The van der Waals surface area contributed by atoms with Crippen LogP contribution in [0.5, 0.6) is 0 Å². The average Bonchev–Trinajstić information content (AvgIpc) is 2.56. The molecule has 5 heteroatoms. The first kappa shape index (κ1) is 13.5. The number of halogens is 3. The van der Waals surface area contributed by atoms with Crippen LogP contribution < -0.4 is 0 Å². The van der Waals surface area contributed by atoms with Gasteiger partial charge in [-0.2, -0.15) is 13.2 Å². The minimum atomic E-state index is -4.40. The van der Waals surface area contributed by atoms with Gasteiger partial charge < -0.3 is 5.11 Å². The van der Waals surface area contributed by atoms with Crippen molar-refractivity contribution >= 4 is 11.8 Å². The molecule has 0 aliphatic carbocycles. The molecule has 0 radical (unpaired) electrons. The summed E-state index contributed by atoms with van der Waals surface area (Å²) in [4.78, 5) is 0.823. The van der Waals surface area contributed by atoms with Crippen LogP contribution in [0.15, 0.2) is 47.4 Å². The molecule has 0 fully saturated rings. The van der Waals surface area contributed by atoms with E-state index in [-0.39, 0.29) is 11.3 Å². The smallest absolute Gasteiger partial charge is 0.384 e. The first-order valence-corrected chi connectivity index (χ1v) is 7.06. The fourth-order valence-electron chi connectivity index (χ4n) is 2.44. The van der Waals surface area contributed by atoms with Crippen molar-refractivity contribution in [1.29, 1.82) is 0 Å². The fourth-order valence-corrected chi connectivity index (χ4v) is 3.59. The van der Waals surface area contributed by atoms with Gasteiger partial charge in [0, 0.05) is 10.6 Å². The van der Waals surface area contributed by atoms with E-state index in [9.17, 15) is 18.3 Å². The molecule has 2 aromatic carbocycles. The molecule has 0 bridgehead atoms. The zero-order valence-electron chi connectivity index (χ0n) is 10.3. The molecule has 0 spiro atoms. The Kier molecular flexibility index (Phi) is 3.26. The summed E-state index contributed by atoms with van der Waals surface area (Å²) in [7, 11) is 0. The SMILES string of the molecule is OC1c2ccccc2SCc2c1cccc2C(F)(F)F. The minimum absolute atomic E-state index is 0.175. The molecule has 0 aromatic heterocycles. The predicted octanol–water partition coefficient (Wildman–Crippen LogP) is 4.39. The maximum absolute atomic E-state index is 13.1. The van der Waals surface area contributed by atoms with Gasteiger partial charge in [0.05, 0.1) is 5.56 Å². The molecule has 2 aromatic rings. The van der Waals surface area contributed by atoms with Gasteiger partial charge in [0.15, 0.2) is 0 Å². The highest BCUT2D eigenvalue weighted by atomic mass is 32.2. The molecule has 1 heterocycles. The van der Waals surface area contributed by atoms with E-state index in [1.165, 1.54) is 17.8 Å².